The van der Waals surface area contributed by atoms with Crippen molar-refractivity contribution >= 4 is 9.73 Å². The fourth-order valence-electron chi connectivity index (χ4n) is 1.38. The second kappa shape index (κ2) is 2.87. The van der Waals surface area contributed by atoms with Crippen LogP contribution in [0.2, 0.25) is 0 Å². The van der Waals surface area contributed by atoms with Gasteiger partial charge in [-0.1, -0.05) is 32.4 Å². The molecule has 0 aromatic heterocycles. The van der Waals surface area contributed by atoms with Crippen molar-refractivity contribution in [2.75, 3.05) is 11.5 Å². The van der Waals surface area contributed by atoms with Gasteiger partial charge in [0.15, 0.2) is 0 Å². The lowest BCUT2D eigenvalue weighted by Gasteiger charge is -2.26. The lowest BCUT2D eigenvalue weighted by Crippen LogP contribution is -2.20. The lowest BCUT2D eigenvalue weighted by atomic mass is 9.85. The molecule has 0 radical (unpaired) electrons. The van der Waals surface area contributed by atoms with Gasteiger partial charge in [0.05, 0.1) is 0 Å². The number of nitrogens with one attached hydrogen (secondary N) is 1. The van der Waals surface area contributed by atoms with Crippen LogP contribution in [-0.4, -0.2) is 15.7 Å². The molecule has 0 aromatic carbocycles. The van der Waals surface area contributed by atoms with Gasteiger partial charge in [-0.3, -0.25) is 4.78 Å². The van der Waals surface area contributed by atoms with Crippen molar-refractivity contribution in [2.45, 2.75) is 27.2 Å². The first-order chi connectivity index (χ1) is 5.31. The van der Waals surface area contributed by atoms with Gasteiger partial charge in [0, 0.05) is 21.2 Å². The van der Waals surface area contributed by atoms with Crippen LogP contribution in [0.1, 0.15) is 27.2 Å². The Bertz CT molecular complexity index is 293. The Morgan fingerprint density at radius 1 is 1.50 bits per heavy atom. The highest BCUT2D eigenvalue weighted by Crippen LogP contribution is 2.30. The molecule has 70 valence electrons. The molecule has 0 saturated heterocycles. The minimum absolute atomic E-state index is 0.190. The number of hydrogen-bond donors (Lipinski definition) is 1. The van der Waals surface area contributed by atoms with E-state index < -0.39 is 9.73 Å². The summed E-state index contributed by atoms with van der Waals surface area (Å²) < 4.78 is 18.7. The van der Waals surface area contributed by atoms with E-state index in [1.807, 2.05) is 6.08 Å². The van der Waals surface area contributed by atoms with Crippen molar-refractivity contribution in [3.63, 3.8) is 0 Å². The fourth-order valence-corrected chi connectivity index (χ4v) is 2.56. The first kappa shape index (κ1) is 9.78. The maximum absolute atomic E-state index is 11.3. The van der Waals surface area contributed by atoms with Gasteiger partial charge >= 0.3 is 0 Å². The molecule has 0 bridgehead atoms. The highest BCUT2D eigenvalue weighted by molar-refractivity contribution is 7.92. The Morgan fingerprint density at radius 3 is 2.42 bits per heavy atom. The van der Waals surface area contributed by atoms with Crippen LogP contribution >= 0.6 is 0 Å². The van der Waals surface area contributed by atoms with Crippen LogP contribution in [0.25, 0.3) is 0 Å². The Balaban J connectivity index is 2.82. The molecule has 1 rings (SSSR count). The molecule has 0 amide bonds. The summed E-state index contributed by atoms with van der Waals surface area (Å²) in [4.78, 5) is 0. The van der Waals surface area contributed by atoms with E-state index in [9.17, 15) is 4.21 Å². The molecule has 0 aromatic rings. The number of allylic oxidation sites excluding steroid dienone is 1. The monoisotopic (exact) mass is 187 g/mol. The zero-order valence-electron chi connectivity index (χ0n) is 8.02. The number of rotatable bonds is 0. The van der Waals surface area contributed by atoms with Crippen LogP contribution in [0, 0.1) is 10.2 Å². The van der Waals surface area contributed by atoms with Gasteiger partial charge < -0.3 is 0 Å². The summed E-state index contributed by atoms with van der Waals surface area (Å²) >= 11 is 0. The van der Waals surface area contributed by atoms with Crippen molar-refractivity contribution in [1.29, 1.82) is 4.78 Å². The predicted molar refractivity (Wildman–Crippen MR) is 52.8 cm³/mol. The van der Waals surface area contributed by atoms with E-state index in [1.165, 1.54) is 5.57 Å². The fraction of sp³-hybridized carbons (Fsp3) is 0.778. The zero-order valence-corrected chi connectivity index (χ0v) is 8.83. The maximum Gasteiger partial charge on any atom is 0.0499 e. The van der Waals surface area contributed by atoms with E-state index in [-0.39, 0.29) is 5.41 Å². The van der Waals surface area contributed by atoms with E-state index >= 15 is 0 Å². The summed E-state index contributed by atoms with van der Waals surface area (Å²) in [6.07, 6.45) is 2.84. The molecular weight excluding hydrogens is 170 g/mol. The maximum atomic E-state index is 11.3. The molecule has 1 aliphatic rings. The van der Waals surface area contributed by atoms with Gasteiger partial charge in [-0.15, -0.1) is 0 Å². The zero-order chi connectivity index (χ0) is 9.41. The predicted octanol–water partition coefficient (Wildman–Crippen LogP) is 2.41. The molecule has 1 N–H and O–H groups in total. The Hall–Kier alpha value is -0.310. The average molecular weight is 187 g/mol. The number of hydrogen-bond acceptors (Lipinski definition) is 2. The van der Waals surface area contributed by atoms with Crippen LogP contribution in [0.15, 0.2) is 11.6 Å². The standard InChI is InChI=1S/C9H17NOS/c1-9(2,3)8-4-6-12(10,11)7-5-8/h4,10H,5-7H2,1-3H3. The van der Waals surface area contributed by atoms with Crippen LogP contribution in [-0.2, 0) is 9.73 Å². The van der Waals surface area contributed by atoms with Crippen molar-refractivity contribution in [1.82, 2.24) is 0 Å². The molecule has 1 aliphatic heterocycles. The van der Waals surface area contributed by atoms with Crippen molar-refractivity contribution < 1.29 is 4.21 Å². The molecule has 1 heterocycles. The van der Waals surface area contributed by atoms with E-state index in [1.54, 1.807) is 0 Å². The molecule has 3 heteroatoms. The second-order valence-corrected chi connectivity index (χ2v) is 6.78. The minimum atomic E-state index is -2.25. The summed E-state index contributed by atoms with van der Waals surface area (Å²) in [5.41, 5.74) is 1.55. The molecule has 0 saturated carbocycles. The van der Waals surface area contributed by atoms with Crippen LogP contribution < -0.4 is 0 Å². The highest BCUT2D eigenvalue weighted by atomic mass is 32.2. The first-order valence-corrected chi connectivity index (χ1v) is 6.14. The third-order valence-corrected chi connectivity index (χ3v) is 3.83. The van der Waals surface area contributed by atoms with E-state index in [0.717, 1.165) is 6.42 Å². The summed E-state index contributed by atoms with van der Waals surface area (Å²) in [6, 6.07) is 0. The third-order valence-electron chi connectivity index (χ3n) is 2.26. The normalized spacial score (nSPS) is 31.4. The molecule has 2 nitrogen and oxygen atoms in total. The molecular formula is C9H17NOS. The molecule has 0 spiro atoms. The third kappa shape index (κ3) is 2.34. The van der Waals surface area contributed by atoms with Gasteiger partial charge in [-0.25, -0.2) is 4.21 Å². The average Bonchev–Trinajstić information content (AvgIpc) is 1.83. The van der Waals surface area contributed by atoms with Crippen molar-refractivity contribution in [2.24, 2.45) is 5.41 Å². The van der Waals surface area contributed by atoms with Gasteiger partial charge in [0.1, 0.15) is 0 Å². The Morgan fingerprint density at radius 2 is 2.08 bits per heavy atom. The van der Waals surface area contributed by atoms with Crippen molar-refractivity contribution in [3.8, 4) is 0 Å². The first-order valence-electron chi connectivity index (χ1n) is 4.25. The molecule has 0 aliphatic carbocycles. The Kier molecular flexibility index (Phi) is 2.34. The summed E-state index contributed by atoms with van der Waals surface area (Å²) in [5.74, 6) is 1.01. The van der Waals surface area contributed by atoms with Gasteiger partial charge in [-0.05, 0) is 11.8 Å². The van der Waals surface area contributed by atoms with Gasteiger partial charge in [0.2, 0.25) is 0 Å². The van der Waals surface area contributed by atoms with Crippen LogP contribution in [0.3, 0.4) is 0 Å². The second-order valence-electron chi connectivity index (χ2n) is 4.41. The van der Waals surface area contributed by atoms with Crippen molar-refractivity contribution in [3.05, 3.63) is 11.6 Å². The SMILES string of the molecule is CC(C)(C)C1=CCS(=N)(=O)CC1. The summed E-state index contributed by atoms with van der Waals surface area (Å²) in [7, 11) is -2.25. The smallest absolute Gasteiger partial charge is 0.0499 e. The molecule has 1 unspecified atom stereocenters. The summed E-state index contributed by atoms with van der Waals surface area (Å²) in [6.45, 7) is 6.49. The largest absolute Gasteiger partial charge is 0.253 e. The topological polar surface area (TPSA) is 40.9 Å². The molecule has 1 atom stereocenters. The lowest BCUT2D eigenvalue weighted by molar-refractivity contribution is 0.485. The van der Waals surface area contributed by atoms with Crippen LogP contribution in [0.4, 0.5) is 0 Å². The van der Waals surface area contributed by atoms with E-state index in [4.69, 9.17) is 4.78 Å². The van der Waals surface area contributed by atoms with E-state index in [2.05, 4.69) is 20.8 Å². The van der Waals surface area contributed by atoms with Gasteiger partial charge in [0.25, 0.3) is 0 Å². The molecule has 12 heavy (non-hydrogen) atoms. The molecule has 0 fully saturated rings. The van der Waals surface area contributed by atoms with Gasteiger partial charge in [-0.2, -0.15) is 0 Å². The quantitative estimate of drug-likeness (QED) is 0.581. The highest BCUT2D eigenvalue weighted by Gasteiger charge is 2.22. The minimum Gasteiger partial charge on any atom is -0.253 e. The van der Waals surface area contributed by atoms with Crippen LogP contribution in [0.5, 0.6) is 0 Å². The Labute approximate surface area is 75.0 Å². The van der Waals surface area contributed by atoms with E-state index in [0.29, 0.717) is 11.5 Å². The summed E-state index contributed by atoms with van der Waals surface area (Å²) in [5, 5.41) is 0.